The number of hydrogen-bond acceptors (Lipinski definition) is 1. The second-order valence-electron chi connectivity index (χ2n) is 8.69. The highest BCUT2D eigenvalue weighted by molar-refractivity contribution is 5.00. The van der Waals surface area contributed by atoms with Crippen molar-refractivity contribution in [3.05, 3.63) is 0 Å². The molecule has 2 rings (SSSR count). The van der Waals surface area contributed by atoms with Crippen molar-refractivity contribution in [3.8, 4) is 0 Å². The SMILES string of the molecule is CCC(N)(C1CC(C)CC(C)C1)C1CC(C)CC(C)C1. The normalized spacial score (nSPS) is 45.9. The zero-order chi connectivity index (χ0) is 14.9. The van der Waals surface area contributed by atoms with Crippen LogP contribution in [-0.2, 0) is 0 Å². The smallest absolute Gasteiger partial charge is 0.0209 e. The molecule has 0 aromatic rings. The van der Waals surface area contributed by atoms with Gasteiger partial charge in [0, 0.05) is 5.54 Å². The molecular formula is C19H37N. The highest BCUT2D eigenvalue weighted by Crippen LogP contribution is 2.47. The molecule has 1 nitrogen and oxygen atoms in total. The molecule has 0 aromatic heterocycles. The van der Waals surface area contributed by atoms with Crippen LogP contribution < -0.4 is 5.73 Å². The molecule has 0 aromatic carbocycles. The third kappa shape index (κ3) is 3.40. The van der Waals surface area contributed by atoms with Gasteiger partial charge in [0.1, 0.15) is 0 Å². The van der Waals surface area contributed by atoms with Gasteiger partial charge >= 0.3 is 0 Å². The average molecular weight is 280 g/mol. The summed E-state index contributed by atoms with van der Waals surface area (Å²) in [5.41, 5.74) is 7.20. The van der Waals surface area contributed by atoms with Gasteiger partial charge in [0.2, 0.25) is 0 Å². The van der Waals surface area contributed by atoms with Crippen LogP contribution in [0.3, 0.4) is 0 Å². The molecule has 4 unspecified atom stereocenters. The van der Waals surface area contributed by atoms with Crippen LogP contribution in [0.2, 0.25) is 0 Å². The molecule has 2 aliphatic carbocycles. The van der Waals surface area contributed by atoms with E-state index in [0.717, 1.165) is 35.5 Å². The molecule has 0 radical (unpaired) electrons. The molecule has 0 saturated heterocycles. The molecular weight excluding hydrogens is 242 g/mol. The Hall–Kier alpha value is -0.0400. The maximum Gasteiger partial charge on any atom is 0.0209 e. The van der Waals surface area contributed by atoms with Gasteiger partial charge in [0.25, 0.3) is 0 Å². The van der Waals surface area contributed by atoms with Crippen LogP contribution in [0.15, 0.2) is 0 Å². The quantitative estimate of drug-likeness (QED) is 0.751. The lowest BCUT2D eigenvalue weighted by Crippen LogP contribution is -2.56. The Morgan fingerprint density at radius 1 is 0.700 bits per heavy atom. The standard InChI is InChI=1S/C19H37N/c1-6-19(20,17-9-13(2)7-14(3)10-17)18-11-15(4)8-16(5)12-18/h13-18H,6-12,20H2,1-5H3. The third-order valence-electron chi connectivity index (χ3n) is 6.49. The summed E-state index contributed by atoms with van der Waals surface area (Å²) in [5.74, 6) is 5.00. The Morgan fingerprint density at radius 2 is 1.00 bits per heavy atom. The summed E-state index contributed by atoms with van der Waals surface area (Å²) in [5, 5.41) is 0. The first kappa shape index (κ1) is 16.3. The third-order valence-corrected chi connectivity index (χ3v) is 6.49. The van der Waals surface area contributed by atoms with Gasteiger partial charge in [-0.2, -0.15) is 0 Å². The molecule has 0 heterocycles. The van der Waals surface area contributed by atoms with Crippen LogP contribution in [0.1, 0.15) is 79.6 Å². The van der Waals surface area contributed by atoms with Crippen molar-refractivity contribution in [1.29, 1.82) is 0 Å². The Morgan fingerprint density at radius 3 is 1.25 bits per heavy atom. The van der Waals surface area contributed by atoms with Crippen LogP contribution in [0.4, 0.5) is 0 Å². The van der Waals surface area contributed by atoms with E-state index >= 15 is 0 Å². The Kier molecular flexibility index (Phi) is 5.21. The van der Waals surface area contributed by atoms with Gasteiger partial charge < -0.3 is 5.73 Å². The summed E-state index contributed by atoms with van der Waals surface area (Å²) in [6, 6.07) is 0. The van der Waals surface area contributed by atoms with Gasteiger partial charge in [-0.3, -0.25) is 0 Å². The van der Waals surface area contributed by atoms with Crippen molar-refractivity contribution in [2.24, 2.45) is 41.2 Å². The summed E-state index contributed by atoms with van der Waals surface area (Å²) >= 11 is 0. The van der Waals surface area contributed by atoms with Crippen molar-refractivity contribution in [2.75, 3.05) is 0 Å². The molecule has 2 N–H and O–H groups in total. The summed E-state index contributed by atoms with van der Waals surface area (Å²) in [7, 11) is 0. The van der Waals surface area contributed by atoms with E-state index in [9.17, 15) is 0 Å². The Balaban J connectivity index is 2.14. The topological polar surface area (TPSA) is 26.0 Å². The van der Waals surface area contributed by atoms with Crippen LogP contribution in [0.25, 0.3) is 0 Å². The van der Waals surface area contributed by atoms with Crippen LogP contribution in [0.5, 0.6) is 0 Å². The monoisotopic (exact) mass is 279 g/mol. The van der Waals surface area contributed by atoms with Crippen LogP contribution >= 0.6 is 0 Å². The molecule has 0 amide bonds. The van der Waals surface area contributed by atoms with Gasteiger partial charge in [-0.1, -0.05) is 34.6 Å². The minimum absolute atomic E-state index is 0.103. The fourth-order valence-corrected chi connectivity index (χ4v) is 5.68. The number of nitrogens with two attached hydrogens (primary N) is 1. The largest absolute Gasteiger partial charge is 0.325 e. The molecule has 118 valence electrons. The van der Waals surface area contributed by atoms with E-state index in [2.05, 4.69) is 34.6 Å². The average Bonchev–Trinajstić information content (AvgIpc) is 2.35. The van der Waals surface area contributed by atoms with E-state index in [4.69, 9.17) is 5.73 Å². The Labute approximate surface area is 127 Å². The molecule has 4 atom stereocenters. The lowest BCUT2D eigenvalue weighted by molar-refractivity contribution is 0.0450. The summed E-state index contributed by atoms with van der Waals surface area (Å²) in [6.07, 6.45) is 9.46. The van der Waals surface area contributed by atoms with E-state index in [-0.39, 0.29) is 5.54 Å². The lowest BCUT2D eigenvalue weighted by atomic mass is 9.58. The van der Waals surface area contributed by atoms with Crippen LogP contribution in [-0.4, -0.2) is 5.54 Å². The fraction of sp³-hybridized carbons (Fsp3) is 1.00. The minimum Gasteiger partial charge on any atom is -0.325 e. The van der Waals surface area contributed by atoms with E-state index < -0.39 is 0 Å². The van der Waals surface area contributed by atoms with E-state index in [0.29, 0.717) is 0 Å². The van der Waals surface area contributed by atoms with E-state index in [1.807, 2.05) is 0 Å². The van der Waals surface area contributed by atoms with Gasteiger partial charge in [-0.25, -0.2) is 0 Å². The zero-order valence-electron chi connectivity index (χ0n) is 14.5. The van der Waals surface area contributed by atoms with E-state index in [1.54, 1.807) is 0 Å². The molecule has 0 spiro atoms. The maximum absolute atomic E-state index is 7.10. The van der Waals surface area contributed by atoms with Crippen molar-refractivity contribution in [3.63, 3.8) is 0 Å². The molecule has 0 bridgehead atoms. The first-order valence-electron chi connectivity index (χ1n) is 9.14. The van der Waals surface area contributed by atoms with Gasteiger partial charge in [0.15, 0.2) is 0 Å². The predicted molar refractivity (Wildman–Crippen MR) is 88.5 cm³/mol. The van der Waals surface area contributed by atoms with Gasteiger partial charge in [0.05, 0.1) is 0 Å². The molecule has 2 fully saturated rings. The number of hydrogen-bond donors (Lipinski definition) is 1. The van der Waals surface area contributed by atoms with Crippen molar-refractivity contribution in [1.82, 2.24) is 0 Å². The molecule has 20 heavy (non-hydrogen) atoms. The maximum atomic E-state index is 7.10. The number of rotatable bonds is 3. The minimum atomic E-state index is 0.103. The summed E-state index contributed by atoms with van der Waals surface area (Å²) < 4.78 is 0. The van der Waals surface area contributed by atoms with Crippen molar-refractivity contribution >= 4 is 0 Å². The highest BCUT2D eigenvalue weighted by Gasteiger charge is 2.45. The first-order chi connectivity index (χ1) is 9.35. The lowest BCUT2D eigenvalue weighted by Gasteiger charge is -2.50. The van der Waals surface area contributed by atoms with Crippen molar-refractivity contribution < 1.29 is 0 Å². The van der Waals surface area contributed by atoms with Gasteiger partial charge in [-0.05, 0) is 80.5 Å². The molecule has 2 saturated carbocycles. The summed E-state index contributed by atoms with van der Waals surface area (Å²) in [6.45, 7) is 12.1. The highest BCUT2D eigenvalue weighted by atomic mass is 14.8. The predicted octanol–water partition coefficient (Wildman–Crippen LogP) is 5.24. The molecule has 2 aliphatic rings. The zero-order valence-corrected chi connectivity index (χ0v) is 14.5. The Bertz CT molecular complexity index is 265. The second kappa shape index (κ2) is 6.38. The van der Waals surface area contributed by atoms with Crippen LogP contribution in [0, 0.1) is 35.5 Å². The first-order valence-corrected chi connectivity index (χ1v) is 9.14. The van der Waals surface area contributed by atoms with E-state index in [1.165, 1.54) is 44.9 Å². The molecule has 1 heteroatoms. The summed E-state index contributed by atoms with van der Waals surface area (Å²) in [4.78, 5) is 0. The molecule has 0 aliphatic heterocycles. The second-order valence-corrected chi connectivity index (χ2v) is 8.69. The fourth-order valence-electron chi connectivity index (χ4n) is 5.68. The van der Waals surface area contributed by atoms with Crippen molar-refractivity contribution in [2.45, 2.75) is 85.1 Å². The van der Waals surface area contributed by atoms with Gasteiger partial charge in [-0.15, -0.1) is 0 Å².